The molecule has 3 aliphatic rings. The Labute approximate surface area is 242 Å². The lowest BCUT2D eigenvalue weighted by atomic mass is 9.87. The molecule has 3 aromatic rings. The number of rotatable bonds is 4. The van der Waals surface area contributed by atoms with Gasteiger partial charge in [-0.3, -0.25) is 14.5 Å². The quantitative estimate of drug-likeness (QED) is 0.445. The minimum atomic E-state index is -0.365. The highest BCUT2D eigenvalue weighted by Crippen LogP contribution is 2.50. The van der Waals surface area contributed by atoms with Gasteiger partial charge < -0.3 is 19.1 Å². The Morgan fingerprint density at radius 1 is 1.10 bits per heavy atom. The largest absolute Gasteiger partial charge is 0.454 e. The molecule has 210 valence electrons. The van der Waals surface area contributed by atoms with Gasteiger partial charge in [0.2, 0.25) is 18.6 Å². The number of carbonyl (C=O) groups is 2. The first-order chi connectivity index (χ1) is 19.2. The van der Waals surface area contributed by atoms with Gasteiger partial charge in [0.05, 0.1) is 35.6 Å². The molecule has 40 heavy (non-hydrogen) atoms. The predicted octanol–water partition coefficient (Wildman–Crippen LogP) is 4.58. The van der Waals surface area contributed by atoms with Crippen LogP contribution in [0.4, 0.5) is 5.82 Å². The maximum Gasteiger partial charge on any atom is 0.242 e. The summed E-state index contributed by atoms with van der Waals surface area (Å²) in [7, 11) is 0. The Kier molecular flexibility index (Phi) is 7.18. The summed E-state index contributed by atoms with van der Waals surface area (Å²) < 4.78 is 18.5. The van der Waals surface area contributed by atoms with Crippen molar-refractivity contribution < 1.29 is 23.8 Å². The number of ether oxygens (including phenoxy) is 3. The van der Waals surface area contributed by atoms with Crippen molar-refractivity contribution in [2.75, 3.05) is 50.3 Å². The smallest absolute Gasteiger partial charge is 0.242 e. The zero-order valence-electron chi connectivity index (χ0n) is 22.7. The summed E-state index contributed by atoms with van der Waals surface area (Å²) in [6, 6.07) is 13.3. The van der Waals surface area contributed by atoms with E-state index in [1.807, 2.05) is 36.4 Å². The van der Waals surface area contributed by atoms with Crippen LogP contribution in [0.2, 0.25) is 5.02 Å². The topological polar surface area (TPSA) is 86.1 Å². The SMILES string of the molecule is CC(C)(C)c1nn(-c2cccc(Cl)c2)c2c1C(c1ccc3c(c1)OCO3)SCC(=O)N2CC(=O)N1CCOCC1. The van der Waals surface area contributed by atoms with Crippen LogP contribution >= 0.6 is 23.4 Å². The molecule has 1 saturated heterocycles. The fraction of sp³-hybridized carbons (Fsp3) is 0.414. The zero-order valence-corrected chi connectivity index (χ0v) is 24.3. The third kappa shape index (κ3) is 5.04. The molecule has 3 aliphatic heterocycles. The number of fused-ring (bicyclic) bond motifs is 2. The fourth-order valence-electron chi connectivity index (χ4n) is 5.25. The van der Waals surface area contributed by atoms with Crippen molar-refractivity contribution in [3.63, 3.8) is 0 Å². The summed E-state index contributed by atoms with van der Waals surface area (Å²) in [5.41, 5.74) is 3.07. The molecule has 2 aromatic carbocycles. The molecule has 1 fully saturated rings. The second-order valence-corrected chi connectivity index (χ2v) is 12.5. The number of aromatic nitrogens is 2. The minimum Gasteiger partial charge on any atom is -0.454 e. The molecule has 1 aromatic heterocycles. The average Bonchev–Trinajstić information content (AvgIpc) is 3.54. The van der Waals surface area contributed by atoms with Crippen LogP contribution < -0.4 is 14.4 Å². The number of hydrogen-bond acceptors (Lipinski definition) is 7. The van der Waals surface area contributed by atoms with Gasteiger partial charge in [-0.25, -0.2) is 4.68 Å². The van der Waals surface area contributed by atoms with Crippen molar-refractivity contribution in [3.05, 3.63) is 64.3 Å². The molecule has 6 rings (SSSR count). The molecule has 0 N–H and O–H groups in total. The Morgan fingerprint density at radius 2 is 1.88 bits per heavy atom. The second-order valence-electron chi connectivity index (χ2n) is 11.0. The maximum atomic E-state index is 13.9. The van der Waals surface area contributed by atoms with Crippen molar-refractivity contribution >= 4 is 41.0 Å². The molecule has 0 spiro atoms. The van der Waals surface area contributed by atoms with E-state index in [9.17, 15) is 9.59 Å². The Morgan fingerprint density at radius 3 is 2.62 bits per heavy atom. The number of carbonyl (C=O) groups excluding carboxylic acids is 2. The Bertz CT molecular complexity index is 1460. The van der Waals surface area contributed by atoms with Crippen LogP contribution in [0.25, 0.3) is 5.69 Å². The Hall–Kier alpha value is -3.21. The van der Waals surface area contributed by atoms with Gasteiger partial charge >= 0.3 is 0 Å². The van der Waals surface area contributed by atoms with E-state index in [2.05, 4.69) is 20.8 Å². The van der Waals surface area contributed by atoms with Crippen LogP contribution in [-0.2, 0) is 19.7 Å². The van der Waals surface area contributed by atoms with E-state index in [1.54, 1.807) is 20.5 Å². The number of benzene rings is 2. The van der Waals surface area contributed by atoms with Gasteiger partial charge in [0, 0.05) is 29.1 Å². The van der Waals surface area contributed by atoms with E-state index in [4.69, 9.17) is 30.9 Å². The maximum absolute atomic E-state index is 13.9. The highest BCUT2D eigenvalue weighted by atomic mass is 35.5. The number of amides is 2. The Balaban J connectivity index is 1.55. The van der Waals surface area contributed by atoms with Crippen molar-refractivity contribution in [1.82, 2.24) is 14.7 Å². The molecule has 0 radical (unpaired) electrons. The summed E-state index contributed by atoms with van der Waals surface area (Å²) in [6.07, 6.45) is 0. The van der Waals surface area contributed by atoms with Gasteiger partial charge in [-0.15, -0.1) is 11.8 Å². The summed E-state index contributed by atoms with van der Waals surface area (Å²) >= 11 is 7.94. The first kappa shape index (κ1) is 27.0. The summed E-state index contributed by atoms with van der Waals surface area (Å²) in [6.45, 7) is 8.39. The fourth-order valence-corrected chi connectivity index (χ4v) is 6.62. The molecule has 1 atom stereocenters. The van der Waals surface area contributed by atoms with E-state index in [-0.39, 0.29) is 41.6 Å². The summed E-state index contributed by atoms with van der Waals surface area (Å²) in [4.78, 5) is 30.7. The molecule has 11 heteroatoms. The number of thioether (sulfide) groups is 1. The van der Waals surface area contributed by atoms with Crippen LogP contribution in [0.3, 0.4) is 0 Å². The molecule has 9 nitrogen and oxygen atoms in total. The number of hydrogen-bond donors (Lipinski definition) is 0. The lowest BCUT2D eigenvalue weighted by molar-refractivity contribution is -0.134. The number of anilines is 1. The van der Waals surface area contributed by atoms with E-state index in [0.29, 0.717) is 54.3 Å². The third-order valence-corrected chi connectivity index (χ3v) is 8.70. The van der Waals surface area contributed by atoms with E-state index in [0.717, 1.165) is 16.8 Å². The standard InChI is InChI=1S/C29H31ClN4O5S/c1-29(2,3)27-25-26(18-7-8-21-22(13-18)39-17-38-21)40-16-24(36)33(15-23(35)32-9-11-37-12-10-32)28(25)34(31-27)20-6-4-5-19(30)14-20/h4-8,13-14,26H,9-12,15-17H2,1-3H3. The number of halogens is 1. The highest BCUT2D eigenvalue weighted by molar-refractivity contribution is 8.00. The lowest BCUT2D eigenvalue weighted by Gasteiger charge is -2.30. The zero-order chi connectivity index (χ0) is 28.0. The second kappa shape index (κ2) is 10.6. The van der Waals surface area contributed by atoms with Gasteiger partial charge in [0.1, 0.15) is 12.4 Å². The van der Waals surface area contributed by atoms with Crippen molar-refractivity contribution in [2.45, 2.75) is 31.4 Å². The van der Waals surface area contributed by atoms with Gasteiger partial charge in [-0.2, -0.15) is 5.10 Å². The molecule has 1 unspecified atom stereocenters. The number of nitrogens with zero attached hydrogens (tertiary/aromatic N) is 4. The van der Waals surface area contributed by atoms with Gasteiger partial charge in [-0.1, -0.05) is 44.5 Å². The monoisotopic (exact) mass is 582 g/mol. The lowest BCUT2D eigenvalue weighted by Crippen LogP contribution is -2.48. The van der Waals surface area contributed by atoms with Gasteiger partial charge in [0.25, 0.3) is 0 Å². The van der Waals surface area contributed by atoms with Crippen LogP contribution in [0.1, 0.15) is 42.8 Å². The van der Waals surface area contributed by atoms with Gasteiger partial charge in [0.15, 0.2) is 11.5 Å². The van der Waals surface area contributed by atoms with E-state index < -0.39 is 0 Å². The molecule has 0 bridgehead atoms. The minimum absolute atomic E-state index is 0.0872. The molecular weight excluding hydrogens is 552 g/mol. The molecular formula is C29H31ClN4O5S. The number of morpholine rings is 1. The summed E-state index contributed by atoms with van der Waals surface area (Å²) in [5.74, 6) is 1.89. The van der Waals surface area contributed by atoms with E-state index >= 15 is 0 Å². The normalized spacial score (nSPS) is 19.0. The highest BCUT2D eigenvalue weighted by Gasteiger charge is 2.40. The molecule has 0 aliphatic carbocycles. The van der Waals surface area contributed by atoms with Crippen molar-refractivity contribution in [3.8, 4) is 17.2 Å². The third-order valence-electron chi connectivity index (χ3n) is 7.21. The van der Waals surface area contributed by atoms with Crippen LogP contribution in [0.5, 0.6) is 11.5 Å². The molecule has 4 heterocycles. The van der Waals surface area contributed by atoms with E-state index in [1.165, 1.54) is 11.8 Å². The van der Waals surface area contributed by atoms with Crippen molar-refractivity contribution in [2.24, 2.45) is 0 Å². The molecule has 0 saturated carbocycles. The van der Waals surface area contributed by atoms with Crippen LogP contribution in [0.15, 0.2) is 42.5 Å². The van der Waals surface area contributed by atoms with Gasteiger partial charge in [-0.05, 0) is 35.9 Å². The van der Waals surface area contributed by atoms with Crippen molar-refractivity contribution in [1.29, 1.82) is 0 Å². The predicted molar refractivity (Wildman–Crippen MR) is 154 cm³/mol. The summed E-state index contributed by atoms with van der Waals surface area (Å²) in [5, 5.41) is 5.43. The first-order valence-electron chi connectivity index (χ1n) is 13.3. The average molecular weight is 583 g/mol. The van der Waals surface area contributed by atoms with Crippen LogP contribution in [0, 0.1) is 0 Å². The van der Waals surface area contributed by atoms with Crippen LogP contribution in [-0.4, -0.2) is 71.9 Å². The first-order valence-corrected chi connectivity index (χ1v) is 14.7. The molecule has 2 amide bonds.